The standard InChI is InChI=1S/C31H28F3N5O3S/c1-20-6-5-7-21(2)28(20)39-27(41)18-43-30(39)36-26(40)9-4-3-8-22-10-12-23(13-11-22)29-35-19-38(37-29)24-14-16-25(17-15-24)42-31(32,33)34/h5-7,10-17,19H,3-4,8-9,18H2,1-2H3. The van der Waals surface area contributed by atoms with Gasteiger partial charge in [-0.1, -0.05) is 54.2 Å². The molecule has 0 unspecified atom stereocenters. The van der Waals surface area contributed by atoms with Gasteiger partial charge < -0.3 is 4.74 Å². The van der Waals surface area contributed by atoms with E-state index < -0.39 is 6.36 Å². The number of benzene rings is 3. The van der Waals surface area contributed by atoms with Gasteiger partial charge in [0.2, 0.25) is 11.8 Å². The molecule has 0 N–H and O–H groups in total. The fourth-order valence-electron chi connectivity index (χ4n) is 4.73. The van der Waals surface area contributed by atoms with Crippen molar-refractivity contribution in [3.05, 3.63) is 89.7 Å². The van der Waals surface area contributed by atoms with Crippen LogP contribution in [0.3, 0.4) is 0 Å². The van der Waals surface area contributed by atoms with E-state index in [-0.39, 0.29) is 23.3 Å². The number of unbranched alkanes of at least 4 members (excludes halogenated alkanes) is 1. The number of amides is 2. The van der Waals surface area contributed by atoms with E-state index in [9.17, 15) is 22.8 Å². The second-order valence-electron chi connectivity index (χ2n) is 10.0. The second-order valence-corrected chi connectivity index (χ2v) is 10.9. The number of anilines is 1. The SMILES string of the molecule is Cc1cccc(C)c1N1C(=O)CSC1=NC(=O)CCCCc1ccc(-c2ncn(-c3ccc(OC(F)(F)F)cc3)n2)cc1. The lowest BCUT2D eigenvalue weighted by Gasteiger charge is -2.20. The number of carbonyl (C=O) groups is 2. The number of aromatic nitrogens is 3. The van der Waals surface area contributed by atoms with Crippen LogP contribution in [0, 0.1) is 13.8 Å². The Morgan fingerprint density at radius 3 is 2.37 bits per heavy atom. The first kappa shape index (κ1) is 30.0. The van der Waals surface area contributed by atoms with Crippen molar-refractivity contribution in [1.29, 1.82) is 0 Å². The van der Waals surface area contributed by atoms with Gasteiger partial charge in [0.05, 0.1) is 17.1 Å². The fraction of sp³-hybridized carbons (Fsp3) is 0.258. The van der Waals surface area contributed by atoms with Crippen molar-refractivity contribution >= 4 is 34.4 Å². The lowest BCUT2D eigenvalue weighted by molar-refractivity contribution is -0.274. The Bertz CT molecular complexity index is 1630. The average molecular weight is 608 g/mol. The maximum atomic E-state index is 12.6. The molecule has 2 heterocycles. The van der Waals surface area contributed by atoms with Crippen molar-refractivity contribution < 1.29 is 27.5 Å². The number of aliphatic imine (C=N–C) groups is 1. The van der Waals surface area contributed by atoms with Gasteiger partial charge in [0.15, 0.2) is 11.0 Å². The highest BCUT2D eigenvalue weighted by molar-refractivity contribution is 8.15. The number of alkyl halides is 3. The van der Waals surface area contributed by atoms with Crippen molar-refractivity contribution in [3.63, 3.8) is 0 Å². The fourth-order valence-corrected chi connectivity index (χ4v) is 5.60. The van der Waals surface area contributed by atoms with Gasteiger partial charge >= 0.3 is 6.36 Å². The van der Waals surface area contributed by atoms with Crippen LogP contribution in [0.15, 0.2) is 78.0 Å². The van der Waals surface area contributed by atoms with Crippen LogP contribution >= 0.6 is 11.8 Å². The summed E-state index contributed by atoms with van der Waals surface area (Å²) in [7, 11) is 0. The molecular formula is C31H28F3N5O3S. The van der Waals surface area contributed by atoms with Gasteiger partial charge in [0.25, 0.3) is 0 Å². The summed E-state index contributed by atoms with van der Waals surface area (Å²) in [5.74, 6) is 0.111. The van der Waals surface area contributed by atoms with Crippen LogP contribution in [0.2, 0.25) is 0 Å². The van der Waals surface area contributed by atoms with Gasteiger partial charge in [-0.05, 0) is 74.1 Å². The molecule has 12 heteroatoms. The molecule has 8 nitrogen and oxygen atoms in total. The van der Waals surface area contributed by atoms with Crippen LogP contribution in [-0.2, 0) is 16.0 Å². The van der Waals surface area contributed by atoms with Gasteiger partial charge in [-0.25, -0.2) is 9.67 Å². The molecule has 5 rings (SSSR count). The van der Waals surface area contributed by atoms with Crippen LogP contribution in [0.1, 0.15) is 36.0 Å². The Balaban J connectivity index is 1.12. The molecule has 2 amide bonds. The van der Waals surface area contributed by atoms with E-state index in [4.69, 9.17) is 0 Å². The van der Waals surface area contributed by atoms with Crippen LogP contribution in [-0.4, -0.2) is 43.9 Å². The smallest absolute Gasteiger partial charge is 0.406 e. The van der Waals surface area contributed by atoms with Crippen molar-refractivity contribution in [1.82, 2.24) is 14.8 Å². The van der Waals surface area contributed by atoms with Crippen LogP contribution in [0.25, 0.3) is 17.1 Å². The summed E-state index contributed by atoms with van der Waals surface area (Å²) in [6, 6.07) is 18.9. The quantitative estimate of drug-likeness (QED) is 0.194. The van der Waals surface area contributed by atoms with E-state index in [2.05, 4.69) is 19.8 Å². The molecule has 4 aromatic rings. The molecule has 1 aliphatic rings. The first-order chi connectivity index (χ1) is 20.6. The monoisotopic (exact) mass is 607 g/mol. The number of rotatable bonds is 9. The molecule has 0 bridgehead atoms. The number of nitrogens with zero attached hydrogens (tertiary/aromatic N) is 5. The summed E-state index contributed by atoms with van der Waals surface area (Å²) < 4.78 is 42.5. The molecule has 1 fully saturated rings. The van der Waals surface area contributed by atoms with Crippen molar-refractivity contribution in [2.45, 2.75) is 45.9 Å². The predicted molar refractivity (Wildman–Crippen MR) is 159 cm³/mol. The molecule has 1 aliphatic heterocycles. The topological polar surface area (TPSA) is 89.7 Å². The predicted octanol–water partition coefficient (Wildman–Crippen LogP) is 6.83. The zero-order valence-corrected chi connectivity index (χ0v) is 24.3. The van der Waals surface area contributed by atoms with E-state index in [1.165, 1.54) is 47.0 Å². The number of thioether (sulfide) groups is 1. The Hall–Kier alpha value is -4.45. The zero-order chi connectivity index (χ0) is 30.6. The number of ether oxygens (including phenoxy) is 1. The molecule has 0 radical (unpaired) electrons. The molecule has 0 atom stereocenters. The van der Waals surface area contributed by atoms with Crippen LogP contribution in [0.4, 0.5) is 18.9 Å². The maximum absolute atomic E-state index is 12.6. The van der Waals surface area contributed by atoms with E-state index >= 15 is 0 Å². The summed E-state index contributed by atoms with van der Waals surface area (Å²) in [6.07, 6.45) is -0.727. The first-order valence-corrected chi connectivity index (χ1v) is 14.6. The Labute approximate surface area is 250 Å². The molecular weight excluding hydrogens is 579 g/mol. The van der Waals surface area contributed by atoms with Crippen LogP contribution < -0.4 is 9.64 Å². The molecule has 222 valence electrons. The largest absolute Gasteiger partial charge is 0.573 e. The van der Waals surface area contributed by atoms with Gasteiger partial charge in [0.1, 0.15) is 12.1 Å². The minimum atomic E-state index is -4.75. The number of amidine groups is 1. The van der Waals surface area contributed by atoms with Gasteiger partial charge in [-0.3, -0.25) is 14.5 Å². The summed E-state index contributed by atoms with van der Waals surface area (Å²) in [5, 5.41) is 4.86. The van der Waals surface area contributed by atoms with Gasteiger partial charge in [-0.2, -0.15) is 4.99 Å². The summed E-state index contributed by atoms with van der Waals surface area (Å²) >= 11 is 1.29. The molecule has 0 aliphatic carbocycles. The number of hydrogen-bond donors (Lipinski definition) is 0. The maximum Gasteiger partial charge on any atom is 0.573 e. The van der Waals surface area contributed by atoms with E-state index in [0.717, 1.165) is 40.8 Å². The summed E-state index contributed by atoms with van der Waals surface area (Å²) in [5.41, 5.74) is 5.14. The third-order valence-electron chi connectivity index (χ3n) is 6.79. The molecule has 1 aromatic heterocycles. The van der Waals surface area contributed by atoms with Crippen molar-refractivity contribution in [2.75, 3.05) is 10.7 Å². The van der Waals surface area contributed by atoms with E-state index in [0.29, 0.717) is 29.5 Å². The minimum absolute atomic E-state index is 0.0759. The number of carbonyl (C=O) groups excluding carboxylic acids is 2. The van der Waals surface area contributed by atoms with Gasteiger partial charge in [0, 0.05) is 12.0 Å². The molecule has 43 heavy (non-hydrogen) atoms. The molecule has 0 spiro atoms. The highest BCUT2D eigenvalue weighted by Crippen LogP contribution is 2.32. The molecule has 0 saturated carbocycles. The second kappa shape index (κ2) is 12.8. The number of hydrogen-bond acceptors (Lipinski definition) is 6. The third kappa shape index (κ3) is 7.50. The van der Waals surface area contributed by atoms with E-state index in [1.807, 2.05) is 56.3 Å². The number of aryl methyl sites for hydroxylation is 3. The Morgan fingerprint density at radius 2 is 1.70 bits per heavy atom. The van der Waals surface area contributed by atoms with Crippen molar-refractivity contribution in [2.24, 2.45) is 4.99 Å². The summed E-state index contributed by atoms with van der Waals surface area (Å²) in [4.78, 5) is 35.4. The molecule has 1 saturated heterocycles. The highest BCUT2D eigenvalue weighted by atomic mass is 32.2. The zero-order valence-electron chi connectivity index (χ0n) is 23.5. The van der Waals surface area contributed by atoms with Gasteiger partial charge in [-0.15, -0.1) is 18.3 Å². The number of halogens is 3. The van der Waals surface area contributed by atoms with Crippen molar-refractivity contribution in [3.8, 4) is 22.8 Å². The first-order valence-electron chi connectivity index (χ1n) is 13.6. The Kier molecular flexibility index (Phi) is 8.95. The summed E-state index contributed by atoms with van der Waals surface area (Å²) in [6.45, 7) is 3.88. The minimum Gasteiger partial charge on any atom is -0.406 e. The lowest BCUT2D eigenvalue weighted by atomic mass is 10.0. The molecule has 3 aromatic carbocycles. The Morgan fingerprint density at radius 1 is 1.00 bits per heavy atom. The highest BCUT2D eigenvalue weighted by Gasteiger charge is 2.32. The van der Waals surface area contributed by atoms with Crippen LogP contribution in [0.5, 0.6) is 5.75 Å². The average Bonchev–Trinajstić information content (AvgIpc) is 3.59. The third-order valence-corrected chi connectivity index (χ3v) is 7.72. The van der Waals surface area contributed by atoms with E-state index in [1.54, 1.807) is 4.90 Å². The number of para-hydroxylation sites is 1. The lowest BCUT2D eigenvalue weighted by Crippen LogP contribution is -2.31. The normalized spacial score (nSPS) is 14.5.